The van der Waals surface area contributed by atoms with Crippen LogP contribution < -0.4 is 0 Å². The Kier molecular flexibility index (Phi) is 31.8. The zero-order valence-electron chi connectivity index (χ0n) is 36.7. The minimum absolute atomic E-state index is 0.0514. The van der Waals surface area contributed by atoms with Crippen LogP contribution in [0.2, 0.25) is 0 Å². The van der Waals surface area contributed by atoms with Gasteiger partial charge in [0.25, 0.3) is 0 Å². The number of unbranched alkanes of at least 4 members (excludes halogenated alkanes) is 18. The van der Waals surface area contributed by atoms with Gasteiger partial charge in [0.1, 0.15) is 0 Å². The summed E-state index contributed by atoms with van der Waals surface area (Å²) in [5.74, 6) is -1.22. The molecule has 8 heteroatoms. The van der Waals surface area contributed by atoms with Crippen molar-refractivity contribution in [1.82, 2.24) is 4.90 Å². The minimum Gasteiger partial charge on any atom is -0.481 e. The van der Waals surface area contributed by atoms with Crippen LogP contribution in [0, 0.1) is 10.8 Å². The van der Waals surface area contributed by atoms with Crippen molar-refractivity contribution < 1.29 is 34.4 Å². The SMILES string of the molecule is CCCCCCCCC(CCCCCC)(CCCCO[C@H]1CN(CCCO)C[C@H]1OCCCCC(CCCCCC)(CCCCCCCC)C(=O)O)C(=O)O. The predicted octanol–water partition coefficient (Wildman–Crippen LogP) is 12.4. The smallest absolute Gasteiger partial charge is 0.309 e. The van der Waals surface area contributed by atoms with E-state index in [4.69, 9.17) is 9.47 Å². The zero-order valence-corrected chi connectivity index (χ0v) is 36.7. The summed E-state index contributed by atoms with van der Waals surface area (Å²) in [5.41, 5.74) is -1.25. The minimum atomic E-state index is -0.624. The van der Waals surface area contributed by atoms with Crippen molar-refractivity contribution in [2.45, 2.75) is 239 Å². The molecule has 1 aliphatic rings. The summed E-state index contributed by atoms with van der Waals surface area (Å²) in [6.45, 7) is 12.6. The Morgan fingerprint density at radius 1 is 0.473 bits per heavy atom. The molecule has 1 rings (SSSR count). The van der Waals surface area contributed by atoms with E-state index in [1.54, 1.807) is 0 Å². The molecule has 0 aromatic heterocycles. The largest absolute Gasteiger partial charge is 0.481 e. The second-order valence-corrected chi connectivity index (χ2v) is 17.4. The molecule has 1 heterocycles. The van der Waals surface area contributed by atoms with Gasteiger partial charge in [-0.2, -0.15) is 0 Å². The fraction of sp³-hybridized carbons (Fsp3) is 0.957. The lowest BCUT2D eigenvalue weighted by molar-refractivity contribution is -0.151. The quantitative estimate of drug-likeness (QED) is 0.0525. The van der Waals surface area contributed by atoms with Gasteiger partial charge in [-0.3, -0.25) is 14.5 Å². The number of rotatable bonds is 41. The average Bonchev–Trinajstić information content (AvgIpc) is 3.56. The highest BCUT2D eigenvalue weighted by Crippen LogP contribution is 2.39. The molecule has 0 amide bonds. The molecule has 0 spiro atoms. The Labute approximate surface area is 339 Å². The van der Waals surface area contributed by atoms with Gasteiger partial charge in [0, 0.05) is 39.5 Å². The van der Waals surface area contributed by atoms with Crippen LogP contribution in [0.5, 0.6) is 0 Å². The molecule has 0 aliphatic carbocycles. The third kappa shape index (κ3) is 23.1. The van der Waals surface area contributed by atoms with Crippen LogP contribution in [-0.2, 0) is 19.1 Å². The van der Waals surface area contributed by atoms with Gasteiger partial charge in [-0.1, -0.05) is 169 Å². The maximum absolute atomic E-state index is 12.8. The molecule has 1 fully saturated rings. The van der Waals surface area contributed by atoms with Gasteiger partial charge in [0.15, 0.2) is 0 Å². The van der Waals surface area contributed by atoms with E-state index in [0.717, 1.165) is 154 Å². The average molecular weight is 782 g/mol. The molecule has 1 saturated heterocycles. The number of carboxylic acid groups (broad SMARTS) is 2. The van der Waals surface area contributed by atoms with E-state index in [1.807, 2.05) is 0 Å². The van der Waals surface area contributed by atoms with Gasteiger partial charge in [0.2, 0.25) is 0 Å². The van der Waals surface area contributed by atoms with Crippen LogP contribution in [-0.4, -0.2) is 83.8 Å². The molecule has 0 bridgehead atoms. The number of carboxylic acids is 2. The number of ether oxygens (including phenoxy) is 2. The molecular formula is C47H91NO7. The maximum atomic E-state index is 12.8. The van der Waals surface area contributed by atoms with Crippen LogP contribution in [0.25, 0.3) is 0 Å². The number of hydrogen-bond donors (Lipinski definition) is 3. The number of aliphatic hydroxyl groups is 1. The van der Waals surface area contributed by atoms with Crippen LogP contribution in [0.3, 0.4) is 0 Å². The van der Waals surface area contributed by atoms with Crippen molar-refractivity contribution >= 4 is 11.9 Å². The van der Waals surface area contributed by atoms with Crippen molar-refractivity contribution in [2.75, 3.05) is 39.5 Å². The van der Waals surface area contributed by atoms with E-state index in [0.29, 0.717) is 13.2 Å². The lowest BCUT2D eigenvalue weighted by Gasteiger charge is -2.30. The van der Waals surface area contributed by atoms with Crippen LogP contribution in [0.4, 0.5) is 0 Å². The van der Waals surface area contributed by atoms with E-state index < -0.39 is 22.8 Å². The number of aliphatic carboxylic acids is 2. The molecule has 4 atom stereocenters. The lowest BCUT2D eigenvalue weighted by atomic mass is 9.74. The highest BCUT2D eigenvalue weighted by atomic mass is 16.5. The molecule has 0 aromatic rings. The second kappa shape index (κ2) is 33.7. The van der Waals surface area contributed by atoms with Gasteiger partial charge in [-0.05, 0) is 57.8 Å². The third-order valence-corrected chi connectivity index (χ3v) is 12.6. The summed E-state index contributed by atoms with van der Waals surface area (Å²) >= 11 is 0. The van der Waals surface area contributed by atoms with Gasteiger partial charge in [-0.15, -0.1) is 0 Å². The molecule has 8 nitrogen and oxygen atoms in total. The standard InChI is InChI=1S/C47H91NO7/c1-5-9-13-17-19-23-32-46(44(50)51,30-21-15-11-7-3)34-25-27-38-54-42-40-48(36-29-37-49)41-43(42)55-39-28-26-35-47(45(52)53,31-22-16-12-8-4)33-24-20-18-14-10-6-2/h42-43,49H,5-41H2,1-4H3,(H,50,51)(H,52,53)/t42-,43+,46?,47?. The molecule has 2 unspecified atom stereocenters. The van der Waals surface area contributed by atoms with Crippen LogP contribution in [0.15, 0.2) is 0 Å². The Morgan fingerprint density at radius 3 is 1.07 bits per heavy atom. The predicted molar refractivity (Wildman–Crippen MR) is 229 cm³/mol. The van der Waals surface area contributed by atoms with E-state index in [2.05, 4.69) is 32.6 Å². The van der Waals surface area contributed by atoms with E-state index in [-0.39, 0.29) is 18.8 Å². The first kappa shape index (κ1) is 51.8. The molecule has 1 aliphatic heterocycles. The van der Waals surface area contributed by atoms with Crippen molar-refractivity contribution in [3.8, 4) is 0 Å². The first-order valence-electron chi connectivity index (χ1n) is 23.8. The fourth-order valence-corrected chi connectivity index (χ4v) is 8.88. The first-order chi connectivity index (χ1) is 26.7. The number of hydrogen-bond acceptors (Lipinski definition) is 6. The van der Waals surface area contributed by atoms with Crippen LogP contribution >= 0.6 is 0 Å². The lowest BCUT2D eigenvalue weighted by Crippen LogP contribution is -2.32. The van der Waals surface area contributed by atoms with Gasteiger partial charge in [0.05, 0.1) is 23.0 Å². The Balaban J connectivity index is 2.73. The highest BCUT2D eigenvalue weighted by molar-refractivity contribution is 5.75. The fourth-order valence-electron chi connectivity index (χ4n) is 8.88. The van der Waals surface area contributed by atoms with Crippen LogP contribution in [0.1, 0.15) is 227 Å². The molecule has 0 aromatic carbocycles. The molecular weight excluding hydrogens is 691 g/mol. The summed E-state index contributed by atoms with van der Waals surface area (Å²) in [6, 6.07) is 0. The second-order valence-electron chi connectivity index (χ2n) is 17.4. The van der Waals surface area contributed by atoms with Crippen molar-refractivity contribution in [3.63, 3.8) is 0 Å². The topological polar surface area (TPSA) is 117 Å². The Bertz CT molecular complexity index is 850. The zero-order chi connectivity index (χ0) is 40.5. The number of nitrogens with zero attached hydrogens (tertiary/aromatic N) is 1. The van der Waals surface area contributed by atoms with Crippen molar-refractivity contribution in [2.24, 2.45) is 10.8 Å². The van der Waals surface area contributed by atoms with E-state index in [9.17, 15) is 24.9 Å². The Morgan fingerprint density at radius 2 is 0.764 bits per heavy atom. The monoisotopic (exact) mass is 782 g/mol. The molecule has 326 valence electrons. The van der Waals surface area contributed by atoms with Crippen molar-refractivity contribution in [3.05, 3.63) is 0 Å². The highest BCUT2D eigenvalue weighted by Gasteiger charge is 2.38. The summed E-state index contributed by atoms with van der Waals surface area (Å²) in [6.07, 6.45) is 31.6. The summed E-state index contributed by atoms with van der Waals surface area (Å²) in [5, 5.41) is 30.5. The van der Waals surface area contributed by atoms with E-state index >= 15 is 0 Å². The molecule has 3 N–H and O–H groups in total. The van der Waals surface area contributed by atoms with Gasteiger partial charge < -0.3 is 24.8 Å². The van der Waals surface area contributed by atoms with E-state index in [1.165, 1.54) is 64.2 Å². The Hall–Kier alpha value is -1.22. The summed E-state index contributed by atoms with van der Waals surface area (Å²) in [4.78, 5) is 27.9. The number of aliphatic hydroxyl groups excluding tert-OH is 1. The van der Waals surface area contributed by atoms with Gasteiger partial charge >= 0.3 is 11.9 Å². The first-order valence-corrected chi connectivity index (χ1v) is 23.8. The number of likely N-dealkylation sites (tertiary alicyclic amines) is 1. The summed E-state index contributed by atoms with van der Waals surface area (Å²) in [7, 11) is 0. The number of carbonyl (C=O) groups is 2. The normalized spacial score (nSPS) is 18.4. The summed E-state index contributed by atoms with van der Waals surface area (Å²) < 4.78 is 13.0. The third-order valence-electron chi connectivity index (χ3n) is 12.6. The molecule has 55 heavy (non-hydrogen) atoms. The maximum Gasteiger partial charge on any atom is 0.309 e. The molecule has 0 radical (unpaired) electrons. The molecule has 0 saturated carbocycles. The van der Waals surface area contributed by atoms with Gasteiger partial charge in [-0.25, -0.2) is 0 Å². The van der Waals surface area contributed by atoms with Crippen molar-refractivity contribution in [1.29, 1.82) is 0 Å².